The molecule has 0 bridgehead atoms. The van der Waals surface area contributed by atoms with Crippen molar-refractivity contribution in [2.75, 3.05) is 0 Å². The molecular formula is H4IO2Rb. The maximum absolute atomic E-state index is 0. The van der Waals surface area contributed by atoms with E-state index in [9.17, 15) is 0 Å². The summed E-state index contributed by atoms with van der Waals surface area (Å²) in [6.45, 7) is 0. The Bertz CT molecular complexity index is 6.00. The fourth-order valence-electron chi connectivity index (χ4n) is 0. The van der Waals surface area contributed by atoms with Crippen molar-refractivity contribution in [3.63, 3.8) is 0 Å². The van der Waals surface area contributed by atoms with Gasteiger partial charge in [0.05, 0.1) is 0 Å². The molecule has 0 fully saturated rings. The molecule has 4 heavy (non-hydrogen) atoms. The quantitative estimate of drug-likeness (QED) is 0.382. The molecule has 2 nitrogen and oxygen atoms in total. The van der Waals surface area contributed by atoms with Crippen molar-refractivity contribution < 1.29 is 93.1 Å². The fraction of sp³-hybridized carbons (Fsp3) is 0. The Morgan fingerprint density at radius 2 is 0.750 bits per heavy atom. The summed E-state index contributed by atoms with van der Waals surface area (Å²) in [5, 5.41) is 0. The van der Waals surface area contributed by atoms with Crippen molar-refractivity contribution in [3.05, 3.63) is 0 Å². The van der Waals surface area contributed by atoms with Gasteiger partial charge in [-0.05, 0) is 0 Å². The standard InChI is InChI=1S/HI.2H2O.Rb/h1H;2*1H2;/q;;;+1/p-1. The van der Waals surface area contributed by atoms with Crippen LogP contribution in [0.15, 0.2) is 0 Å². The molecule has 24 valence electrons. The Hall–Kier alpha value is 2.46. The van der Waals surface area contributed by atoms with Gasteiger partial charge in [0.2, 0.25) is 0 Å². The first-order chi connectivity index (χ1) is 0. The second-order valence-corrected chi connectivity index (χ2v) is 0. The van der Waals surface area contributed by atoms with Crippen LogP contribution in [0.3, 0.4) is 0 Å². The second-order valence-electron chi connectivity index (χ2n) is 0. The van der Waals surface area contributed by atoms with Gasteiger partial charge in [-0.3, -0.25) is 0 Å². The first-order valence-corrected chi connectivity index (χ1v) is 0. The molecule has 0 radical (unpaired) electrons. The number of rotatable bonds is 0. The number of halogens is 1. The van der Waals surface area contributed by atoms with E-state index >= 15 is 0 Å². The van der Waals surface area contributed by atoms with Crippen LogP contribution in [0, 0.1) is 0 Å². The zero-order valence-electron chi connectivity index (χ0n) is 2.38. The third kappa shape index (κ3) is 8.82. The molecule has 0 spiro atoms. The van der Waals surface area contributed by atoms with Crippen LogP contribution in [0.4, 0.5) is 0 Å². The van der Waals surface area contributed by atoms with E-state index in [1.165, 1.54) is 0 Å². The van der Waals surface area contributed by atoms with Gasteiger partial charge in [-0.1, -0.05) is 0 Å². The van der Waals surface area contributed by atoms with Gasteiger partial charge in [-0.15, -0.1) is 0 Å². The largest absolute Gasteiger partial charge is 1.00 e. The molecule has 0 saturated heterocycles. The topological polar surface area (TPSA) is 63.0 Å². The second kappa shape index (κ2) is 18.0. The van der Waals surface area contributed by atoms with Crippen LogP contribution in [0.5, 0.6) is 0 Å². The normalized spacial score (nSPS) is 0. The van der Waals surface area contributed by atoms with E-state index in [0.29, 0.717) is 0 Å². The Kier molecular flexibility index (Phi) is 143. The summed E-state index contributed by atoms with van der Waals surface area (Å²) in [4.78, 5) is 0. The minimum Gasteiger partial charge on any atom is -1.00 e. The summed E-state index contributed by atoms with van der Waals surface area (Å²) in [7, 11) is 0. The summed E-state index contributed by atoms with van der Waals surface area (Å²) >= 11 is 0. The zero-order valence-corrected chi connectivity index (χ0v) is 9.45. The van der Waals surface area contributed by atoms with E-state index in [-0.39, 0.29) is 93.1 Å². The monoisotopic (exact) mass is 248 g/mol. The molecule has 0 atom stereocenters. The van der Waals surface area contributed by atoms with Crippen molar-refractivity contribution in [2.45, 2.75) is 0 Å². The molecule has 0 aliphatic rings. The van der Waals surface area contributed by atoms with E-state index in [2.05, 4.69) is 0 Å². The maximum atomic E-state index is 0. The molecule has 0 aromatic heterocycles. The number of hydrogen-bond donors (Lipinski definition) is 0. The predicted octanol–water partition coefficient (Wildman–Crippen LogP) is -7.64. The first kappa shape index (κ1) is 31.9. The smallest absolute Gasteiger partial charge is 1.00 e. The van der Waals surface area contributed by atoms with Crippen LogP contribution in [0.25, 0.3) is 0 Å². The minimum atomic E-state index is 0. The Labute approximate surface area is 90.8 Å². The van der Waals surface area contributed by atoms with Crippen molar-refractivity contribution in [3.8, 4) is 0 Å². The van der Waals surface area contributed by atoms with Crippen molar-refractivity contribution in [1.29, 1.82) is 0 Å². The predicted molar refractivity (Wildman–Crippen MR) is 7.23 cm³/mol. The summed E-state index contributed by atoms with van der Waals surface area (Å²) in [6.07, 6.45) is 0. The fourth-order valence-corrected chi connectivity index (χ4v) is 0. The van der Waals surface area contributed by atoms with Gasteiger partial charge in [0.15, 0.2) is 0 Å². The summed E-state index contributed by atoms with van der Waals surface area (Å²) in [5.74, 6) is 0. The first-order valence-electron chi connectivity index (χ1n) is 0. The molecule has 0 aromatic rings. The van der Waals surface area contributed by atoms with E-state index in [1.807, 2.05) is 0 Å². The Morgan fingerprint density at radius 1 is 0.750 bits per heavy atom. The SMILES string of the molecule is O.O.[I-].[Rb+]. The van der Waals surface area contributed by atoms with Crippen LogP contribution in [0.1, 0.15) is 0 Å². The van der Waals surface area contributed by atoms with Gasteiger partial charge in [-0.25, -0.2) is 0 Å². The van der Waals surface area contributed by atoms with Gasteiger partial charge in [0.25, 0.3) is 0 Å². The third-order valence-corrected chi connectivity index (χ3v) is 0. The third-order valence-electron chi connectivity index (χ3n) is 0. The molecule has 4 heteroatoms. The van der Waals surface area contributed by atoms with Gasteiger partial charge < -0.3 is 34.9 Å². The van der Waals surface area contributed by atoms with Crippen molar-refractivity contribution >= 4 is 0 Å². The van der Waals surface area contributed by atoms with Gasteiger partial charge in [0.1, 0.15) is 0 Å². The van der Waals surface area contributed by atoms with Crippen LogP contribution in [-0.4, -0.2) is 11.0 Å². The molecule has 0 aromatic carbocycles. The van der Waals surface area contributed by atoms with E-state index in [0.717, 1.165) is 0 Å². The summed E-state index contributed by atoms with van der Waals surface area (Å²) in [5.41, 5.74) is 0. The molecule has 0 heterocycles. The van der Waals surface area contributed by atoms with Crippen LogP contribution in [0.2, 0.25) is 0 Å². The minimum absolute atomic E-state index is 0. The maximum Gasteiger partial charge on any atom is 1.00 e. The molecule has 4 N–H and O–H groups in total. The summed E-state index contributed by atoms with van der Waals surface area (Å²) in [6, 6.07) is 0. The van der Waals surface area contributed by atoms with E-state index < -0.39 is 0 Å². The molecule has 0 aliphatic carbocycles. The molecule has 0 amide bonds. The summed E-state index contributed by atoms with van der Waals surface area (Å²) < 4.78 is 0. The van der Waals surface area contributed by atoms with Crippen molar-refractivity contribution in [1.82, 2.24) is 0 Å². The van der Waals surface area contributed by atoms with Crippen LogP contribution >= 0.6 is 0 Å². The molecule has 0 rings (SSSR count). The van der Waals surface area contributed by atoms with Crippen LogP contribution < -0.4 is 82.2 Å². The average molecular weight is 248 g/mol. The molecule has 0 saturated carbocycles. The number of hydrogen-bond acceptors (Lipinski definition) is 0. The Morgan fingerprint density at radius 3 is 0.750 bits per heavy atom. The molecular weight excluding hydrogens is 244 g/mol. The Balaban J connectivity index is 0. The van der Waals surface area contributed by atoms with Crippen molar-refractivity contribution in [2.24, 2.45) is 0 Å². The molecule has 0 aliphatic heterocycles. The molecule has 0 unspecified atom stereocenters. The van der Waals surface area contributed by atoms with Gasteiger partial charge in [-0.2, -0.15) is 0 Å². The van der Waals surface area contributed by atoms with E-state index in [1.54, 1.807) is 0 Å². The van der Waals surface area contributed by atoms with E-state index in [4.69, 9.17) is 0 Å². The van der Waals surface area contributed by atoms with Gasteiger partial charge in [0, 0.05) is 0 Å². The van der Waals surface area contributed by atoms with Gasteiger partial charge >= 0.3 is 58.2 Å². The zero-order chi connectivity index (χ0) is 0. The van der Waals surface area contributed by atoms with Crippen LogP contribution in [-0.2, 0) is 0 Å². The average Bonchev–Trinajstić information content (AvgIpc) is 0.